The number of rotatable bonds is 7. The molecule has 0 aromatic heterocycles. The van der Waals surface area contributed by atoms with Crippen LogP contribution in [-0.4, -0.2) is 38.2 Å². The van der Waals surface area contributed by atoms with E-state index in [9.17, 15) is 9.59 Å². The molecule has 14 heavy (non-hydrogen) atoms. The van der Waals surface area contributed by atoms with Gasteiger partial charge < -0.3 is 20.9 Å². The van der Waals surface area contributed by atoms with Crippen molar-refractivity contribution in [2.75, 3.05) is 26.3 Å². The van der Waals surface area contributed by atoms with Gasteiger partial charge in [-0.25, -0.2) is 0 Å². The van der Waals surface area contributed by atoms with Crippen molar-refractivity contribution in [3.8, 4) is 0 Å². The summed E-state index contributed by atoms with van der Waals surface area (Å²) in [5.74, 6) is -0.773. The number of hydrogen-bond acceptors (Lipinski definition) is 6. The molecule has 0 spiro atoms. The fraction of sp³-hybridized carbons (Fsp3) is 0.750. The summed E-state index contributed by atoms with van der Waals surface area (Å²) < 4.78 is 9.37. The summed E-state index contributed by atoms with van der Waals surface area (Å²) in [5.41, 5.74) is 10.2. The number of hydrogen-bond donors (Lipinski definition) is 2. The van der Waals surface area contributed by atoms with Crippen LogP contribution in [0.15, 0.2) is 0 Å². The zero-order valence-electron chi connectivity index (χ0n) is 8.03. The highest BCUT2D eigenvalue weighted by Crippen LogP contribution is 1.87. The summed E-state index contributed by atoms with van der Waals surface area (Å²) >= 11 is 0. The van der Waals surface area contributed by atoms with Crippen molar-refractivity contribution < 1.29 is 19.1 Å². The molecule has 0 aromatic rings. The fourth-order valence-corrected chi connectivity index (χ4v) is 0.691. The van der Waals surface area contributed by atoms with Gasteiger partial charge in [0.05, 0.1) is 12.8 Å². The van der Waals surface area contributed by atoms with Crippen LogP contribution in [0, 0.1) is 0 Å². The van der Waals surface area contributed by atoms with Gasteiger partial charge in [0.15, 0.2) is 0 Å². The van der Waals surface area contributed by atoms with Crippen molar-refractivity contribution in [1.29, 1.82) is 0 Å². The topological polar surface area (TPSA) is 105 Å². The maximum absolute atomic E-state index is 10.8. The third kappa shape index (κ3) is 7.51. The van der Waals surface area contributed by atoms with Crippen LogP contribution in [0.4, 0.5) is 0 Å². The van der Waals surface area contributed by atoms with E-state index < -0.39 is 0 Å². The molecule has 4 N–H and O–H groups in total. The Morgan fingerprint density at radius 2 is 1.21 bits per heavy atom. The van der Waals surface area contributed by atoms with Gasteiger partial charge in [0.2, 0.25) is 0 Å². The maximum atomic E-state index is 10.8. The molecule has 0 heterocycles. The first-order valence-electron chi connectivity index (χ1n) is 4.42. The first-order chi connectivity index (χ1) is 6.70. The molecule has 0 fully saturated rings. The van der Waals surface area contributed by atoms with E-state index >= 15 is 0 Å². The molecule has 0 aromatic carbocycles. The van der Waals surface area contributed by atoms with Crippen LogP contribution >= 0.6 is 0 Å². The van der Waals surface area contributed by atoms with Gasteiger partial charge >= 0.3 is 11.9 Å². The van der Waals surface area contributed by atoms with Gasteiger partial charge in [0.25, 0.3) is 0 Å². The lowest BCUT2D eigenvalue weighted by molar-refractivity contribution is -0.152. The third-order valence-electron chi connectivity index (χ3n) is 1.31. The van der Waals surface area contributed by atoms with E-state index in [0.29, 0.717) is 0 Å². The highest BCUT2D eigenvalue weighted by molar-refractivity contribution is 5.70. The highest BCUT2D eigenvalue weighted by atomic mass is 16.6. The minimum absolute atomic E-state index is 0.0646. The molecule has 0 saturated heterocycles. The first kappa shape index (κ1) is 12.9. The molecule has 82 valence electrons. The Morgan fingerprint density at radius 1 is 0.857 bits per heavy atom. The lowest BCUT2D eigenvalue weighted by Gasteiger charge is -2.04. The Labute approximate surface area is 82.5 Å². The van der Waals surface area contributed by atoms with Crippen LogP contribution in [0.1, 0.15) is 12.8 Å². The average Bonchev–Trinajstić information content (AvgIpc) is 2.13. The predicted molar refractivity (Wildman–Crippen MR) is 49.3 cm³/mol. The summed E-state index contributed by atoms with van der Waals surface area (Å²) in [6, 6.07) is 0. The summed E-state index contributed by atoms with van der Waals surface area (Å²) in [7, 11) is 0. The molecule has 0 amide bonds. The highest BCUT2D eigenvalue weighted by Gasteiger charge is 2.03. The standard InChI is InChI=1S/C8H16N2O4/c9-3-1-7(11)13-5-6-14-8(12)2-4-10/h1-6,9-10H2. The summed E-state index contributed by atoms with van der Waals surface area (Å²) in [5, 5.41) is 0. The smallest absolute Gasteiger partial charge is 0.307 e. The van der Waals surface area contributed by atoms with E-state index in [1.807, 2.05) is 0 Å². The van der Waals surface area contributed by atoms with E-state index in [-0.39, 0.29) is 51.1 Å². The molecule has 0 rings (SSSR count). The van der Waals surface area contributed by atoms with Crippen LogP contribution in [0.2, 0.25) is 0 Å². The van der Waals surface area contributed by atoms with Crippen molar-refractivity contribution in [2.24, 2.45) is 11.5 Å². The Morgan fingerprint density at radius 3 is 1.50 bits per heavy atom. The molecule has 0 aliphatic carbocycles. The molecule has 0 aliphatic rings. The second-order valence-electron chi connectivity index (χ2n) is 2.52. The molecule has 0 aliphatic heterocycles. The van der Waals surface area contributed by atoms with Gasteiger partial charge in [-0.05, 0) is 0 Å². The Kier molecular flexibility index (Phi) is 7.77. The monoisotopic (exact) mass is 204 g/mol. The lowest BCUT2D eigenvalue weighted by Crippen LogP contribution is -2.17. The third-order valence-corrected chi connectivity index (χ3v) is 1.31. The molecule has 6 nitrogen and oxygen atoms in total. The van der Waals surface area contributed by atoms with Crippen LogP contribution in [0.5, 0.6) is 0 Å². The molecule has 0 radical (unpaired) electrons. The van der Waals surface area contributed by atoms with Crippen molar-refractivity contribution in [1.82, 2.24) is 0 Å². The van der Waals surface area contributed by atoms with E-state index in [4.69, 9.17) is 11.5 Å². The van der Waals surface area contributed by atoms with Gasteiger partial charge in [0.1, 0.15) is 13.2 Å². The number of nitrogens with two attached hydrogens (primary N) is 2. The van der Waals surface area contributed by atoms with Gasteiger partial charge in [-0.15, -0.1) is 0 Å². The van der Waals surface area contributed by atoms with Gasteiger partial charge in [-0.1, -0.05) is 0 Å². The van der Waals surface area contributed by atoms with Gasteiger partial charge in [-0.3, -0.25) is 9.59 Å². The minimum Gasteiger partial charge on any atom is -0.462 e. The Bertz CT molecular complexity index is 164. The number of esters is 2. The van der Waals surface area contributed by atoms with Crippen molar-refractivity contribution in [3.63, 3.8) is 0 Å². The molecule has 0 unspecified atom stereocenters. The van der Waals surface area contributed by atoms with E-state index in [1.165, 1.54) is 0 Å². The van der Waals surface area contributed by atoms with Crippen LogP contribution < -0.4 is 11.5 Å². The fourth-order valence-electron chi connectivity index (χ4n) is 0.691. The lowest BCUT2D eigenvalue weighted by atomic mass is 10.4. The molecular formula is C8H16N2O4. The predicted octanol–water partition coefficient (Wildman–Crippen LogP) is -1.23. The zero-order chi connectivity index (χ0) is 10.8. The Hall–Kier alpha value is -1.14. The van der Waals surface area contributed by atoms with Crippen LogP contribution in [0.3, 0.4) is 0 Å². The summed E-state index contributed by atoms with van der Waals surface area (Å²) in [6.45, 7) is 0.641. The molecule has 0 saturated carbocycles. The second-order valence-corrected chi connectivity index (χ2v) is 2.52. The average molecular weight is 204 g/mol. The van der Waals surface area contributed by atoms with Crippen LogP contribution in [-0.2, 0) is 19.1 Å². The number of ether oxygens (including phenoxy) is 2. The summed E-state index contributed by atoms with van der Waals surface area (Å²) in [4.78, 5) is 21.5. The zero-order valence-corrected chi connectivity index (χ0v) is 8.03. The molecule has 6 heteroatoms. The maximum Gasteiger partial charge on any atom is 0.307 e. The second kappa shape index (κ2) is 8.46. The molecular weight excluding hydrogens is 188 g/mol. The molecule has 0 bridgehead atoms. The minimum atomic E-state index is -0.387. The SMILES string of the molecule is NCCC(=O)OCCOC(=O)CCN. The van der Waals surface area contributed by atoms with E-state index in [1.54, 1.807) is 0 Å². The van der Waals surface area contributed by atoms with Crippen molar-refractivity contribution in [2.45, 2.75) is 12.8 Å². The Balaban J connectivity index is 3.28. The molecule has 0 atom stereocenters. The van der Waals surface area contributed by atoms with E-state index in [2.05, 4.69) is 9.47 Å². The first-order valence-corrected chi connectivity index (χ1v) is 4.42. The van der Waals surface area contributed by atoms with Gasteiger partial charge in [0, 0.05) is 13.1 Å². The quantitative estimate of drug-likeness (QED) is 0.397. The summed E-state index contributed by atoms with van der Waals surface area (Å²) in [6.07, 6.45) is 0.355. The van der Waals surface area contributed by atoms with Crippen molar-refractivity contribution >= 4 is 11.9 Å². The van der Waals surface area contributed by atoms with E-state index in [0.717, 1.165) is 0 Å². The largest absolute Gasteiger partial charge is 0.462 e. The van der Waals surface area contributed by atoms with Crippen molar-refractivity contribution in [3.05, 3.63) is 0 Å². The van der Waals surface area contributed by atoms with Crippen LogP contribution in [0.25, 0.3) is 0 Å². The number of carbonyl (C=O) groups excluding carboxylic acids is 2. The normalized spacial score (nSPS) is 9.57. The van der Waals surface area contributed by atoms with Gasteiger partial charge in [-0.2, -0.15) is 0 Å². The number of carbonyl (C=O) groups is 2.